The lowest BCUT2D eigenvalue weighted by Gasteiger charge is -2.07. The van der Waals surface area contributed by atoms with Crippen LogP contribution in [0, 0.1) is 0 Å². The SMILES string of the molecule is CCn1cnnc1CNc1nc(Cl)nc2nc[nH]c12. The molecule has 98 valence electrons. The third kappa shape index (κ3) is 2.22. The van der Waals surface area contributed by atoms with E-state index in [9.17, 15) is 0 Å². The average molecular weight is 279 g/mol. The molecule has 3 aromatic rings. The molecule has 19 heavy (non-hydrogen) atoms. The van der Waals surface area contributed by atoms with Gasteiger partial charge < -0.3 is 14.9 Å². The van der Waals surface area contributed by atoms with Gasteiger partial charge in [-0.25, -0.2) is 4.98 Å². The number of imidazole rings is 1. The second-order valence-corrected chi connectivity index (χ2v) is 4.17. The fraction of sp³-hybridized carbons (Fsp3) is 0.300. The minimum Gasteiger partial charge on any atom is -0.361 e. The van der Waals surface area contributed by atoms with Crippen molar-refractivity contribution >= 4 is 28.6 Å². The van der Waals surface area contributed by atoms with Crippen molar-refractivity contribution in [2.24, 2.45) is 0 Å². The van der Waals surface area contributed by atoms with Crippen LogP contribution < -0.4 is 5.32 Å². The van der Waals surface area contributed by atoms with Gasteiger partial charge in [0, 0.05) is 6.54 Å². The predicted molar refractivity (Wildman–Crippen MR) is 69.7 cm³/mol. The molecule has 0 bridgehead atoms. The summed E-state index contributed by atoms with van der Waals surface area (Å²) in [6.07, 6.45) is 3.24. The van der Waals surface area contributed by atoms with E-state index in [1.807, 2.05) is 11.5 Å². The van der Waals surface area contributed by atoms with Crippen LogP contribution in [0.1, 0.15) is 12.7 Å². The van der Waals surface area contributed by atoms with Gasteiger partial charge >= 0.3 is 0 Å². The number of fused-ring (bicyclic) bond motifs is 1. The van der Waals surface area contributed by atoms with E-state index in [1.165, 1.54) is 0 Å². The lowest BCUT2D eigenvalue weighted by atomic mass is 10.4. The zero-order valence-electron chi connectivity index (χ0n) is 10.1. The van der Waals surface area contributed by atoms with E-state index in [1.54, 1.807) is 12.7 Å². The van der Waals surface area contributed by atoms with Crippen LogP contribution in [0.3, 0.4) is 0 Å². The quantitative estimate of drug-likeness (QED) is 0.697. The molecule has 0 aliphatic heterocycles. The highest BCUT2D eigenvalue weighted by Crippen LogP contribution is 2.18. The normalized spacial score (nSPS) is 11.1. The van der Waals surface area contributed by atoms with Gasteiger partial charge in [0.15, 0.2) is 17.3 Å². The molecule has 0 unspecified atom stereocenters. The van der Waals surface area contributed by atoms with Crippen LogP contribution >= 0.6 is 11.6 Å². The molecule has 9 heteroatoms. The molecular formula is C10H11ClN8. The van der Waals surface area contributed by atoms with Crippen molar-refractivity contribution in [1.82, 2.24) is 34.7 Å². The van der Waals surface area contributed by atoms with Gasteiger partial charge in [-0.05, 0) is 18.5 Å². The Hall–Kier alpha value is -2.22. The van der Waals surface area contributed by atoms with E-state index in [0.717, 1.165) is 12.4 Å². The molecule has 0 amide bonds. The fourth-order valence-corrected chi connectivity index (χ4v) is 1.94. The molecular weight excluding hydrogens is 268 g/mol. The first kappa shape index (κ1) is 11.8. The summed E-state index contributed by atoms with van der Waals surface area (Å²) in [5.41, 5.74) is 1.24. The molecule has 0 aliphatic rings. The van der Waals surface area contributed by atoms with E-state index in [-0.39, 0.29) is 5.28 Å². The highest BCUT2D eigenvalue weighted by Gasteiger charge is 2.10. The highest BCUT2D eigenvalue weighted by atomic mass is 35.5. The number of nitrogens with zero attached hydrogens (tertiary/aromatic N) is 6. The van der Waals surface area contributed by atoms with Crippen molar-refractivity contribution in [3.05, 3.63) is 23.8 Å². The molecule has 0 saturated carbocycles. The topological polar surface area (TPSA) is 97.2 Å². The largest absolute Gasteiger partial charge is 0.361 e. The van der Waals surface area contributed by atoms with E-state index in [0.29, 0.717) is 23.5 Å². The Bertz CT molecular complexity index is 702. The lowest BCUT2D eigenvalue weighted by molar-refractivity contribution is 0.707. The third-order valence-corrected chi connectivity index (χ3v) is 2.88. The van der Waals surface area contributed by atoms with Crippen molar-refractivity contribution in [3.8, 4) is 0 Å². The summed E-state index contributed by atoms with van der Waals surface area (Å²) >= 11 is 5.85. The number of halogens is 1. The molecule has 3 rings (SSSR count). The third-order valence-electron chi connectivity index (χ3n) is 2.71. The zero-order chi connectivity index (χ0) is 13.2. The van der Waals surface area contributed by atoms with Gasteiger partial charge in [0.25, 0.3) is 0 Å². The smallest absolute Gasteiger partial charge is 0.226 e. The summed E-state index contributed by atoms with van der Waals surface area (Å²) in [6, 6.07) is 0. The maximum atomic E-state index is 5.85. The first-order valence-electron chi connectivity index (χ1n) is 5.75. The summed E-state index contributed by atoms with van der Waals surface area (Å²) in [5.74, 6) is 1.42. The number of nitrogens with one attached hydrogen (secondary N) is 2. The van der Waals surface area contributed by atoms with E-state index < -0.39 is 0 Å². The minimum atomic E-state index is 0.152. The molecule has 0 atom stereocenters. The van der Waals surface area contributed by atoms with Crippen LogP contribution in [-0.2, 0) is 13.1 Å². The molecule has 0 saturated heterocycles. The maximum absolute atomic E-state index is 5.85. The van der Waals surface area contributed by atoms with E-state index >= 15 is 0 Å². The molecule has 3 heterocycles. The van der Waals surface area contributed by atoms with Crippen LogP contribution in [0.2, 0.25) is 5.28 Å². The van der Waals surface area contributed by atoms with Crippen molar-refractivity contribution in [2.75, 3.05) is 5.32 Å². The molecule has 0 spiro atoms. The van der Waals surface area contributed by atoms with Gasteiger partial charge in [0.1, 0.15) is 11.8 Å². The van der Waals surface area contributed by atoms with Gasteiger partial charge in [-0.3, -0.25) is 0 Å². The monoisotopic (exact) mass is 278 g/mol. The number of aromatic nitrogens is 7. The van der Waals surface area contributed by atoms with Gasteiger partial charge in [-0.2, -0.15) is 9.97 Å². The van der Waals surface area contributed by atoms with Crippen LogP contribution in [0.4, 0.5) is 5.82 Å². The number of aryl methyl sites for hydroxylation is 1. The van der Waals surface area contributed by atoms with Gasteiger partial charge in [0.05, 0.1) is 12.9 Å². The summed E-state index contributed by atoms with van der Waals surface area (Å²) in [7, 11) is 0. The van der Waals surface area contributed by atoms with E-state index in [4.69, 9.17) is 11.6 Å². The average Bonchev–Trinajstić information content (AvgIpc) is 3.03. The van der Waals surface area contributed by atoms with Crippen LogP contribution in [0.15, 0.2) is 12.7 Å². The van der Waals surface area contributed by atoms with Crippen LogP contribution in [0.25, 0.3) is 11.2 Å². The van der Waals surface area contributed by atoms with Crippen molar-refractivity contribution in [2.45, 2.75) is 20.0 Å². The zero-order valence-corrected chi connectivity index (χ0v) is 10.9. The first-order valence-corrected chi connectivity index (χ1v) is 6.13. The first-order chi connectivity index (χ1) is 9.28. The second kappa shape index (κ2) is 4.81. The molecule has 8 nitrogen and oxygen atoms in total. The van der Waals surface area contributed by atoms with Crippen LogP contribution in [-0.4, -0.2) is 34.7 Å². The molecule has 3 aromatic heterocycles. The van der Waals surface area contributed by atoms with E-state index in [2.05, 4.69) is 35.5 Å². The fourth-order valence-electron chi connectivity index (χ4n) is 1.78. The number of anilines is 1. The Morgan fingerprint density at radius 3 is 3.16 bits per heavy atom. The summed E-state index contributed by atoms with van der Waals surface area (Å²) in [5, 5.41) is 11.2. The number of hydrogen-bond acceptors (Lipinski definition) is 6. The Morgan fingerprint density at radius 2 is 2.32 bits per heavy atom. The van der Waals surface area contributed by atoms with Crippen LogP contribution in [0.5, 0.6) is 0 Å². The van der Waals surface area contributed by atoms with Gasteiger partial charge in [0.2, 0.25) is 5.28 Å². The second-order valence-electron chi connectivity index (χ2n) is 3.83. The van der Waals surface area contributed by atoms with Gasteiger partial charge in [-0.15, -0.1) is 10.2 Å². The minimum absolute atomic E-state index is 0.152. The van der Waals surface area contributed by atoms with Crippen molar-refractivity contribution in [1.29, 1.82) is 0 Å². The Morgan fingerprint density at radius 1 is 1.42 bits per heavy atom. The number of aromatic amines is 1. The summed E-state index contributed by atoms with van der Waals surface area (Å²) in [6.45, 7) is 3.34. The molecule has 2 N–H and O–H groups in total. The molecule has 0 radical (unpaired) electrons. The Kier molecular flexibility index (Phi) is 3.00. The summed E-state index contributed by atoms with van der Waals surface area (Å²) < 4.78 is 1.94. The lowest BCUT2D eigenvalue weighted by Crippen LogP contribution is -2.09. The number of hydrogen-bond donors (Lipinski definition) is 2. The maximum Gasteiger partial charge on any atom is 0.226 e. The predicted octanol–water partition coefficient (Wildman–Crippen LogP) is 1.23. The number of rotatable bonds is 4. The Balaban J connectivity index is 1.87. The molecule has 0 aromatic carbocycles. The standard InChI is InChI=1S/C10H11ClN8/c1-2-19-5-15-18-6(19)3-12-8-7-9(14-4-13-7)17-10(11)16-8/h4-5H,2-3H2,1H3,(H2,12,13,14,16,17). The molecule has 0 aliphatic carbocycles. The van der Waals surface area contributed by atoms with Crippen molar-refractivity contribution in [3.63, 3.8) is 0 Å². The summed E-state index contributed by atoms with van der Waals surface area (Å²) in [4.78, 5) is 15.2. The van der Waals surface area contributed by atoms with Crippen molar-refractivity contribution < 1.29 is 0 Å². The van der Waals surface area contributed by atoms with Gasteiger partial charge in [-0.1, -0.05) is 0 Å². The Labute approximate surface area is 113 Å². The highest BCUT2D eigenvalue weighted by molar-refractivity contribution is 6.28. The molecule has 0 fully saturated rings. The number of H-pyrrole nitrogens is 1.